The smallest absolute Gasteiger partial charge is 0.227 e. The third kappa shape index (κ3) is 4.05. The second-order valence-electron chi connectivity index (χ2n) is 4.23. The molecule has 21 heavy (non-hydrogen) atoms. The Morgan fingerprint density at radius 2 is 1.90 bits per heavy atom. The highest BCUT2D eigenvalue weighted by Gasteiger charge is 2.07. The van der Waals surface area contributed by atoms with Gasteiger partial charge in [-0.05, 0) is 24.3 Å². The van der Waals surface area contributed by atoms with Crippen LogP contribution in [0.5, 0.6) is 5.75 Å². The lowest BCUT2D eigenvalue weighted by Gasteiger charge is -2.08. The van der Waals surface area contributed by atoms with Crippen molar-refractivity contribution in [1.29, 1.82) is 5.26 Å². The zero-order valence-corrected chi connectivity index (χ0v) is 11.2. The lowest BCUT2D eigenvalue weighted by molar-refractivity contribution is -0.116. The number of carbonyl (C=O) groups excluding carboxylic acids is 1. The van der Waals surface area contributed by atoms with Gasteiger partial charge in [0.1, 0.15) is 6.07 Å². The van der Waals surface area contributed by atoms with Crippen LogP contribution in [0.3, 0.4) is 0 Å². The molecule has 2 aromatic rings. The van der Waals surface area contributed by atoms with Gasteiger partial charge in [-0.2, -0.15) is 5.26 Å². The second-order valence-corrected chi connectivity index (χ2v) is 4.23. The Hall–Kier alpha value is -2.87. The number of ether oxygens (including phenoxy) is 1. The molecule has 0 aliphatic carbocycles. The van der Waals surface area contributed by atoms with Crippen LogP contribution in [0.25, 0.3) is 0 Å². The Labute approximate surface area is 121 Å². The van der Waals surface area contributed by atoms with Gasteiger partial charge < -0.3 is 10.1 Å². The summed E-state index contributed by atoms with van der Waals surface area (Å²) in [5, 5.41) is 11.5. The van der Waals surface area contributed by atoms with E-state index in [0.717, 1.165) is 0 Å². The standard InChI is InChI=1S/C16H13FN2O2/c17-13-6-2-4-8-15(13)21-10-9-16(20)19-14-7-3-1-5-12(14)11-18/h1-8H,9-10H2,(H,19,20). The highest BCUT2D eigenvalue weighted by Crippen LogP contribution is 2.16. The molecule has 0 aliphatic heterocycles. The van der Waals surface area contributed by atoms with Crippen LogP contribution in [0.15, 0.2) is 48.5 Å². The minimum atomic E-state index is -0.465. The largest absolute Gasteiger partial charge is 0.490 e. The van der Waals surface area contributed by atoms with Gasteiger partial charge in [-0.15, -0.1) is 0 Å². The Kier molecular flexibility index (Phi) is 4.89. The number of rotatable bonds is 5. The summed E-state index contributed by atoms with van der Waals surface area (Å²) in [6, 6.07) is 14.7. The number of benzene rings is 2. The molecule has 106 valence electrons. The van der Waals surface area contributed by atoms with Crippen molar-refractivity contribution in [2.24, 2.45) is 0 Å². The number of hydrogen-bond donors (Lipinski definition) is 1. The van der Waals surface area contributed by atoms with E-state index in [-0.39, 0.29) is 24.7 Å². The van der Waals surface area contributed by atoms with Gasteiger partial charge in [0.05, 0.1) is 24.3 Å². The van der Waals surface area contributed by atoms with Gasteiger partial charge in [0.25, 0.3) is 0 Å². The van der Waals surface area contributed by atoms with E-state index in [1.54, 1.807) is 36.4 Å². The molecule has 0 aromatic heterocycles. The molecular weight excluding hydrogens is 271 g/mol. The highest BCUT2D eigenvalue weighted by atomic mass is 19.1. The molecule has 0 spiro atoms. The van der Waals surface area contributed by atoms with Crippen molar-refractivity contribution < 1.29 is 13.9 Å². The number of nitriles is 1. The Bertz CT molecular complexity index is 680. The highest BCUT2D eigenvalue weighted by molar-refractivity contribution is 5.92. The fraction of sp³-hybridized carbons (Fsp3) is 0.125. The third-order valence-corrected chi connectivity index (χ3v) is 2.74. The number of nitrogens with zero attached hydrogens (tertiary/aromatic N) is 1. The average Bonchev–Trinajstić information content (AvgIpc) is 2.50. The lowest BCUT2D eigenvalue weighted by atomic mass is 10.2. The van der Waals surface area contributed by atoms with E-state index in [2.05, 4.69) is 5.32 Å². The number of para-hydroxylation sites is 2. The average molecular weight is 284 g/mol. The van der Waals surface area contributed by atoms with Crippen LogP contribution in [0.1, 0.15) is 12.0 Å². The fourth-order valence-corrected chi connectivity index (χ4v) is 1.72. The molecule has 1 amide bonds. The summed E-state index contributed by atoms with van der Waals surface area (Å²) in [7, 11) is 0. The molecule has 0 heterocycles. The van der Waals surface area contributed by atoms with Gasteiger partial charge in [0.15, 0.2) is 11.6 Å². The molecule has 1 N–H and O–H groups in total. The van der Waals surface area contributed by atoms with Crippen molar-refractivity contribution in [3.63, 3.8) is 0 Å². The first-order valence-corrected chi connectivity index (χ1v) is 6.37. The molecule has 0 saturated carbocycles. The fourth-order valence-electron chi connectivity index (χ4n) is 1.72. The Morgan fingerprint density at radius 3 is 2.67 bits per heavy atom. The number of carbonyl (C=O) groups is 1. The van der Waals surface area contributed by atoms with Gasteiger partial charge in [-0.25, -0.2) is 4.39 Å². The third-order valence-electron chi connectivity index (χ3n) is 2.74. The van der Waals surface area contributed by atoms with Crippen LogP contribution in [-0.4, -0.2) is 12.5 Å². The predicted molar refractivity (Wildman–Crippen MR) is 76.3 cm³/mol. The van der Waals surface area contributed by atoms with E-state index in [0.29, 0.717) is 11.3 Å². The second kappa shape index (κ2) is 7.06. The number of anilines is 1. The summed E-state index contributed by atoms with van der Waals surface area (Å²) in [5.74, 6) is -0.649. The molecule has 0 atom stereocenters. The van der Waals surface area contributed by atoms with Crippen molar-refractivity contribution in [3.05, 3.63) is 59.9 Å². The first-order valence-electron chi connectivity index (χ1n) is 6.37. The molecule has 2 rings (SSSR count). The monoisotopic (exact) mass is 284 g/mol. The summed E-state index contributed by atoms with van der Waals surface area (Å²) < 4.78 is 18.5. The van der Waals surface area contributed by atoms with Gasteiger partial charge in [-0.3, -0.25) is 4.79 Å². The van der Waals surface area contributed by atoms with Crippen molar-refractivity contribution in [3.8, 4) is 11.8 Å². The molecule has 0 saturated heterocycles. The number of amides is 1. The molecule has 5 heteroatoms. The van der Waals surface area contributed by atoms with Crippen LogP contribution < -0.4 is 10.1 Å². The molecule has 0 radical (unpaired) electrons. The molecule has 0 fully saturated rings. The zero-order valence-electron chi connectivity index (χ0n) is 11.2. The lowest BCUT2D eigenvalue weighted by Crippen LogP contribution is -2.16. The number of halogens is 1. The molecule has 2 aromatic carbocycles. The van der Waals surface area contributed by atoms with Crippen LogP contribution in [0, 0.1) is 17.1 Å². The molecular formula is C16H13FN2O2. The molecule has 4 nitrogen and oxygen atoms in total. The van der Waals surface area contributed by atoms with E-state index in [1.165, 1.54) is 12.1 Å². The van der Waals surface area contributed by atoms with E-state index < -0.39 is 5.82 Å². The van der Waals surface area contributed by atoms with Gasteiger partial charge in [0.2, 0.25) is 5.91 Å². The minimum absolute atomic E-state index is 0.0570. The quantitative estimate of drug-likeness (QED) is 0.917. The van der Waals surface area contributed by atoms with Crippen molar-refractivity contribution >= 4 is 11.6 Å². The van der Waals surface area contributed by atoms with Crippen molar-refractivity contribution in [2.75, 3.05) is 11.9 Å². The maximum atomic E-state index is 13.3. The van der Waals surface area contributed by atoms with Crippen LogP contribution in [0.4, 0.5) is 10.1 Å². The summed E-state index contributed by atoms with van der Waals surface area (Å²) in [4.78, 5) is 11.8. The zero-order chi connectivity index (χ0) is 15.1. The molecule has 0 unspecified atom stereocenters. The minimum Gasteiger partial charge on any atom is -0.490 e. The predicted octanol–water partition coefficient (Wildman–Crippen LogP) is 3.10. The Balaban J connectivity index is 1.86. The Morgan fingerprint density at radius 1 is 1.19 bits per heavy atom. The SMILES string of the molecule is N#Cc1ccccc1NC(=O)CCOc1ccccc1F. The van der Waals surface area contributed by atoms with E-state index in [9.17, 15) is 9.18 Å². The van der Waals surface area contributed by atoms with Gasteiger partial charge >= 0.3 is 0 Å². The molecule has 0 bridgehead atoms. The topological polar surface area (TPSA) is 62.1 Å². The summed E-state index contributed by atoms with van der Waals surface area (Å²) in [5.41, 5.74) is 0.844. The maximum Gasteiger partial charge on any atom is 0.227 e. The first-order chi connectivity index (χ1) is 10.2. The number of nitrogens with one attached hydrogen (secondary N) is 1. The van der Waals surface area contributed by atoms with Crippen LogP contribution in [-0.2, 0) is 4.79 Å². The summed E-state index contributed by atoms with van der Waals surface area (Å²) in [6.45, 7) is 0.0570. The molecule has 0 aliphatic rings. The number of hydrogen-bond acceptors (Lipinski definition) is 3. The maximum absolute atomic E-state index is 13.3. The summed E-state index contributed by atoms with van der Waals surface area (Å²) in [6.07, 6.45) is 0.0636. The van der Waals surface area contributed by atoms with E-state index in [4.69, 9.17) is 10.00 Å². The van der Waals surface area contributed by atoms with Crippen LogP contribution in [0.2, 0.25) is 0 Å². The first kappa shape index (κ1) is 14.5. The van der Waals surface area contributed by atoms with Crippen molar-refractivity contribution in [2.45, 2.75) is 6.42 Å². The normalized spacial score (nSPS) is 9.71. The van der Waals surface area contributed by atoms with E-state index >= 15 is 0 Å². The van der Waals surface area contributed by atoms with Gasteiger partial charge in [0, 0.05) is 0 Å². The summed E-state index contributed by atoms with van der Waals surface area (Å²) >= 11 is 0. The van der Waals surface area contributed by atoms with Gasteiger partial charge in [-0.1, -0.05) is 24.3 Å². The van der Waals surface area contributed by atoms with E-state index in [1.807, 2.05) is 6.07 Å². The van der Waals surface area contributed by atoms with Crippen molar-refractivity contribution in [1.82, 2.24) is 0 Å². The van der Waals surface area contributed by atoms with Crippen LogP contribution >= 0.6 is 0 Å².